The Kier molecular flexibility index (Phi) is 5.05. The number of amides is 1. The Morgan fingerprint density at radius 3 is 2.72 bits per heavy atom. The van der Waals surface area contributed by atoms with Crippen LogP contribution in [0.4, 0.5) is 5.82 Å². The highest BCUT2D eigenvalue weighted by Gasteiger charge is 2.15. The van der Waals surface area contributed by atoms with Gasteiger partial charge in [-0.05, 0) is 6.26 Å². The number of thioether (sulfide) groups is 1. The molecule has 18 heavy (non-hydrogen) atoms. The van der Waals surface area contributed by atoms with E-state index < -0.39 is 15.9 Å². The summed E-state index contributed by atoms with van der Waals surface area (Å²) in [4.78, 5) is 19.4. The molecule has 100 valence electrons. The molecule has 0 aliphatic carbocycles. The quantitative estimate of drug-likeness (QED) is 0.607. The van der Waals surface area contributed by atoms with Crippen LogP contribution in [0.15, 0.2) is 17.4 Å². The molecule has 1 N–H and O–H groups in total. The van der Waals surface area contributed by atoms with E-state index in [-0.39, 0.29) is 6.54 Å². The third-order valence-corrected chi connectivity index (χ3v) is 3.95. The van der Waals surface area contributed by atoms with Gasteiger partial charge in [0.05, 0.1) is 12.8 Å². The second kappa shape index (κ2) is 6.12. The molecule has 0 saturated heterocycles. The summed E-state index contributed by atoms with van der Waals surface area (Å²) in [7, 11) is -2.03. The summed E-state index contributed by atoms with van der Waals surface area (Å²) < 4.78 is 23.2. The molecule has 1 aromatic rings. The van der Waals surface area contributed by atoms with Gasteiger partial charge in [-0.1, -0.05) is 0 Å². The standard InChI is InChI=1S/C9H14N4O3S2/c1-13(18(3,15)16)5-8(14)12-7-4-9(17-2)11-6-10-7/h4,6H,5H2,1-3H3,(H,10,11,12,14). The van der Waals surface area contributed by atoms with Gasteiger partial charge in [-0.3, -0.25) is 4.79 Å². The molecule has 0 aliphatic heterocycles. The van der Waals surface area contributed by atoms with E-state index in [0.717, 1.165) is 15.6 Å². The lowest BCUT2D eigenvalue weighted by Crippen LogP contribution is -2.34. The minimum Gasteiger partial charge on any atom is -0.309 e. The van der Waals surface area contributed by atoms with Gasteiger partial charge in [0.1, 0.15) is 17.2 Å². The van der Waals surface area contributed by atoms with Gasteiger partial charge >= 0.3 is 0 Å². The first kappa shape index (κ1) is 14.9. The number of aromatic nitrogens is 2. The van der Waals surface area contributed by atoms with E-state index in [9.17, 15) is 13.2 Å². The number of carbonyl (C=O) groups excluding carboxylic acids is 1. The number of nitrogens with zero attached hydrogens (tertiary/aromatic N) is 3. The summed E-state index contributed by atoms with van der Waals surface area (Å²) in [5.41, 5.74) is 0. The fraction of sp³-hybridized carbons (Fsp3) is 0.444. The molecular weight excluding hydrogens is 276 g/mol. The van der Waals surface area contributed by atoms with E-state index >= 15 is 0 Å². The average molecular weight is 290 g/mol. The van der Waals surface area contributed by atoms with Crippen LogP contribution in [-0.4, -0.2) is 54.7 Å². The van der Waals surface area contributed by atoms with Gasteiger partial charge in [0, 0.05) is 13.1 Å². The molecule has 1 rings (SSSR count). The Labute approximate surface area is 110 Å². The lowest BCUT2D eigenvalue weighted by atomic mass is 10.5. The zero-order chi connectivity index (χ0) is 13.8. The summed E-state index contributed by atoms with van der Waals surface area (Å²) in [6.45, 7) is -0.253. The summed E-state index contributed by atoms with van der Waals surface area (Å²) in [5, 5.41) is 3.23. The van der Waals surface area contributed by atoms with Crippen LogP contribution in [0.5, 0.6) is 0 Å². The van der Waals surface area contributed by atoms with Gasteiger partial charge in [0.2, 0.25) is 15.9 Å². The third kappa shape index (κ3) is 4.59. The first-order valence-electron chi connectivity index (χ1n) is 4.90. The van der Waals surface area contributed by atoms with Gasteiger partial charge in [-0.2, -0.15) is 4.31 Å². The van der Waals surface area contributed by atoms with E-state index in [0.29, 0.717) is 5.82 Å². The minimum atomic E-state index is -3.37. The van der Waals surface area contributed by atoms with Gasteiger partial charge in [0.15, 0.2) is 0 Å². The normalized spacial score (nSPS) is 11.6. The second-order valence-electron chi connectivity index (χ2n) is 3.51. The van der Waals surface area contributed by atoms with Crippen molar-refractivity contribution in [1.29, 1.82) is 0 Å². The highest BCUT2D eigenvalue weighted by atomic mass is 32.2. The predicted molar refractivity (Wildman–Crippen MR) is 69.9 cm³/mol. The number of sulfonamides is 1. The fourth-order valence-corrected chi connectivity index (χ4v) is 1.76. The number of carbonyl (C=O) groups is 1. The Morgan fingerprint density at radius 2 is 2.17 bits per heavy atom. The van der Waals surface area contributed by atoms with E-state index in [2.05, 4.69) is 15.3 Å². The number of anilines is 1. The first-order chi connectivity index (χ1) is 8.32. The largest absolute Gasteiger partial charge is 0.309 e. The predicted octanol–water partition coefficient (Wildman–Crippen LogP) is 0.0284. The monoisotopic (exact) mass is 290 g/mol. The molecular formula is C9H14N4O3S2. The summed E-state index contributed by atoms with van der Waals surface area (Å²) in [5.74, 6) is -0.102. The molecule has 0 unspecified atom stereocenters. The minimum absolute atomic E-state index is 0.253. The number of likely N-dealkylation sites (N-methyl/N-ethyl adjacent to an activating group) is 1. The zero-order valence-corrected chi connectivity index (χ0v) is 11.9. The molecule has 1 aromatic heterocycles. The van der Waals surface area contributed by atoms with E-state index in [1.165, 1.54) is 25.1 Å². The van der Waals surface area contributed by atoms with Gasteiger partial charge < -0.3 is 5.32 Å². The maximum absolute atomic E-state index is 11.6. The fourth-order valence-electron chi connectivity index (χ4n) is 1.02. The maximum Gasteiger partial charge on any atom is 0.240 e. The third-order valence-electron chi connectivity index (χ3n) is 2.05. The molecule has 0 aliphatic rings. The van der Waals surface area contributed by atoms with Crippen molar-refractivity contribution in [2.24, 2.45) is 0 Å². The lowest BCUT2D eigenvalue weighted by molar-refractivity contribution is -0.116. The molecule has 0 bridgehead atoms. The smallest absolute Gasteiger partial charge is 0.240 e. The zero-order valence-electron chi connectivity index (χ0n) is 10.2. The molecule has 1 heterocycles. The maximum atomic E-state index is 11.6. The Morgan fingerprint density at radius 1 is 1.50 bits per heavy atom. The SMILES string of the molecule is CSc1cc(NC(=O)CN(C)S(C)(=O)=O)ncn1. The second-order valence-corrected chi connectivity index (χ2v) is 6.43. The number of nitrogens with one attached hydrogen (secondary N) is 1. The van der Waals surface area contributed by atoms with Crippen LogP contribution >= 0.6 is 11.8 Å². The van der Waals surface area contributed by atoms with Gasteiger partial charge in [0.25, 0.3) is 0 Å². The molecule has 0 aromatic carbocycles. The molecule has 1 amide bonds. The lowest BCUT2D eigenvalue weighted by Gasteiger charge is -2.13. The van der Waals surface area contributed by atoms with E-state index in [1.54, 1.807) is 6.07 Å². The summed E-state index contributed by atoms with van der Waals surface area (Å²) in [6.07, 6.45) is 4.23. The number of hydrogen-bond acceptors (Lipinski definition) is 6. The number of rotatable bonds is 5. The average Bonchev–Trinajstić information content (AvgIpc) is 2.27. The highest BCUT2D eigenvalue weighted by molar-refractivity contribution is 7.98. The van der Waals surface area contributed by atoms with Crippen LogP contribution in [0, 0.1) is 0 Å². The molecule has 7 nitrogen and oxygen atoms in total. The Balaban J connectivity index is 2.65. The molecule has 0 fully saturated rings. The van der Waals surface area contributed by atoms with Crippen LogP contribution in [-0.2, 0) is 14.8 Å². The van der Waals surface area contributed by atoms with E-state index in [1.807, 2.05) is 6.26 Å². The molecule has 0 saturated carbocycles. The Hall–Kier alpha value is -1.19. The molecule has 9 heteroatoms. The van der Waals surface area contributed by atoms with Crippen molar-refractivity contribution >= 4 is 33.5 Å². The van der Waals surface area contributed by atoms with Crippen molar-refractivity contribution in [3.05, 3.63) is 12.4 Å². The Bertz CT molecular complexity index is 532. The van der Waals surface area contributed by atoms with Crippen molar-refractivity contribution in [2.45, 2.75) is 5.03 Å². The highest BCUT2D eigenvalue weighted by Crippen LogP contribution is 2.13. The van der Waals surface area contributed by atoms with Crippen molar-refractivity contribution in [2.75, 3.05) is 31.4 Å². The van der Waals surface area contributed by atoms with Crippen molar-refractivity contribution in [3.8, 4) is 0 Å². The summed E-state index contributed by atoms with van der Waals surface area (Å²) in [6, 6.07) is 1.61. The van der Waals surface area contributed by atoms with Crippen molar-refractivity contribution in [1.82, 2.24) is 14.3 Å². The van der Waals surface area contributed by atoms with Crippen LogP contribution in [0.25, 0.3) is 0 Å². The van der Waals surface area contributed by atoms with Crippen LogP contribution < -0.4 is 5.32 Å². The molecule has 0 spiro atoms. The number of hydrogen-bond donors (Lipinski definition) is 1. The van der Waals surface area contributed by atoms with Gasteiger partial charge in [-0.25, -0.2) is 18.4 Å². The van der Waals surface area contributed by atoms with Crippen LogP contribution in [0.2, 0.25) is 0 Å². The van der Waals surface area contributed by atoms with Crippen molar-refractivity contribution in [3.63, 3.8) is 0 Å². The first-order valence-corrected chi connectivity index (χ1v) is 7.97. The van der Waals surface area contributed by atoms with Crippen LogP contribution in [0.3, 0.4) is 0 Å². The van der Waals surface area contributed by atoms with Gasteiger partial charge in [-0.15, -0.1) is 11.8 Å². The summed E-state index contributed by atoms with van der Waals surface area (Å²) >= 11 is 1.42. The van der Waals surface area contributed by atoms with E-state index in [4.69, 9.17) is 0 Å². The topological polar surface area (TPSA) is 92.3 Å². The molecule has 0 atom stereocenters. The van der Waals surface area contributed by atoms with Crippen molar-refractivity contribution < 1.29 is 13.2 Å². The molecule has 0 radical (unpaired) electrons. The van der Waals surface area contributed by atoms with Crippen LogP contribution in [0.1, 0.15) is 0 Å².